The largest absolute Gasteiger partial charge is 0.490 e. The van der Waals surface area contributed by atoms with Crippen LogP contribution < -0.4 is 14.8 Å². The summed E-state index contributed by atoms with van der Waals surface area (Å²) in [6.07, 6.45) is 2.34. The van der Waals surface area contributed by atoms with Crippen molar-refractivity contribution in [3.63, 3.8) is 0 Å². The van der Waals surface area contributed by atoms with Crippen molar-refractivity contribution in [2.75, 3.05) is 13.1 Å². The number of hydrogen-bond acceptors (Lipinski definition) is 4. The van der Waals surface area contributed by atoms with Crippen molar-refractivity contribution in [2.45, 2.75) is 25.6 Å². The second kappa shape index (κ2) is 7.66. The van der Waals surface area contributed by atoms with Crippen molar-refractivity contribution in [1.29, 1.82) is 5.26 Å². The zero-order chi connectivity index (χ0) is 15.9. The highest BCUT2D eigenvalue weighted by Gasteiger charge is 2.14. The van der Waals surface area contributed by atoms with Crippen LogP contribution in [-0.2, 0) is 6.61 Å². The van der Waals surface area contributed by atoms with Gasteiger partial charge >= 0.3 is 0 Å². The summed E-state index contributed by atoms with van der Waals surface area (Å²) in [5.74, 6) is 1.62. The van der Waals surface area contributed by atoms with Gasteiger partial charge in [0.05, 0.1) is 11.6 Å². The summed E-state index contributed by atoms with van der Waals surface area (Å²) in [5.41, 5.74) is 1.63. The number of piperidine rings is 1. The summed E-state index contributed by atoms with van der Waals surface area (Å²) in [5, 5.41) is 12.3. The number of benzene rings is 2. The lowest BCUT2D eigenvalue weighted by molar-refractivity contribution is 0.161. The first-order valence-electron chi connectivity index (χ1n) is 7.93. The number of nitriles is 1. The maximum Gasteiger partial charge on any atom is 0.123 e. The van der Waals surface area contributed by atoms with E-state index in [4.69, 9.17) is 14.7 Å². The third-order valence-electron chi connectivity index (χ3n) is 3.86. The number of nitrogens with one attached hydrogen (secondary N) is 1. The first-order valence-corrected chi connectivity index (χ1v) is 7.93. The summed E-state index contributed by atoms with van der Waals surface area (Å²) in [6, 6.07) is 17.3. The third-order valence-corrected chi connectivity index (χ3v) is 3.86. The maximum absolute atomic E-state index is 8.93. The molecule has 0 aromatic heterocycles. The van der Waals surface area contributed by atoms with Gasteiger partial charge in [0.1, 0.15) is 24.2 Å². The van der Waals surface area contributed by atoms with Gasteiger partial charge < -0.3 is 14.8 Å². The van der Waals surface area contributed by atoms with E-state index in [1.54, 1.807) is 6.07 Å². The van der Waals surface area contributed by atoms with Crippen molar-refractivity contribution in [3.05, 3.63) is 59.7 Å². The molecule has 23 heavy (non-hydrogen) atoms. The molecule has 0 radical (unpaired) electrons. The van der Waals surface area contributed by atoms with E-state index in [0.29, 0.717) is 12.2 Å². The van der Waals surface area contributed by atoms with Gasteiger partial charge in [-0.15, -0.1) is 0 Å². The molecule has 1 heterocycles. The normalized spacial score (nSPS) is 14.9. The van der Waals surface area contributed by atoms with Crippen LogP contribution in [0.2, 0.25) is 0 Å². The van der Waals surface area contributed by atoms with E-state index < -0.39 is 0 Å². The van der Waals surface area contributed by atoms with Crippen molar-refractivity contribution < 1.29 is 9.47 Å². The van der Waals surface area contributed by atoms with E-state index in [1.807, 2.05) is 42.5 Å². The molecule has 2 aromatic carbocycles. The maximum atomic E-state index is 8.93. The first-order chi connectivity index (χ1) is 11.3. The molecule has 4 nitrogen and oxygen atoms in total. The van der Waals surface area contributed by atoms with Crippen LogP contribution in [0.25, 0.3) is 0 Å². The average Bonchev–Trinajstić information content (AvgIpc) is 2.61. The van der Waals surface area contributed by atoms with Gasteiger partial charge in [-0.3, -0.25) is 0 Å². The SMILES string of the molecule is N#Cc1cccc(COc2cccc(OC3CCNCC3)c2)c1. The highest BCUT2D eigenvalue weighted by atomic mass is 16.5. The topological polar surface area (TPSA) is 54.3 Å². The van der Waals surface area contributed by atoms with Gasteiger partial charge in [-0.05, 0) is 55.8 Å². The second-order valence-corrected chi connectivity index (χ2v) is 5.64. The summed E-state index contributed by atoms with van der Waals surface area (Å²) in [6.45, 7) is 2.46. The minimum Gasteiger partial charge on any atom is -0.490 e. The number of rotatable bonds is 5. The predicted molar refractivity (Wildman–Crippen MR) is 88.5 cm³/mol. The molecule has 1 aliphatic rings. The van der Waals surface area contributed by atoms with Crippen LogP contribution in [0, 0.1) is 11.3 Å². The van der Waals surface area contributed by atoms with Crippen LogP contribution in [0.1, 0.15) is 24.0 Å². The van der Waals surface area contributed by atoms with Crippen molar-refractivity contribution in [2.24, 2.45) is 0 Å². The Morgan fingerprint density at radius 3 is 2.65 bits per heavy atom. The Bertz CT molecular complexity index is 688. The Hall–Kier alpha value is -2.51. The summed E-state index contributed by atoms with van der Waals surface area (Å²) in [4.78, 5) is 0. The molecule has 4 heteroatoms. The van der Waals surface area contributed by atoms with Crippen LogP contribution in [0.5, 0.6) is 11.5 Å². The number of hydrogen-bond donors (Lipinski definition) is 1. The molecule has 0 atom stereocenters. The zero-order valence-corrected chi connectivity index (χ0v) is 13.0. The Labute approximate surface area is 136 Å². The molecular weight excluding hydrogens is 288 g/mol. The highest BCUT2D eigenvalue weighted by molar-refractivity contribution is 5.35. The monoisotopic (exact) mass is 308 g/mol. The van der Waals surface area contributed by atoms with Gasteiger partial charge in [-0.2, -0.15) is 5.26 Å². The highest BCUT2D eigenvalue weighted by Crippen LogP contribution is 2.23. The molecule has 118 valence electrons. The molecule has 1 saturated heterocycles. The molecule has 1 aliphatic heterocycles. The van der Waals surface area contributed by atoms with Crippen LogP contribution in [0.15, 0.2) is 48.5 Å². The van der Waals surface area contributed by atoms with Crippen molar-refractivity contribution in [3.8, 4) is 17.6 Å². The van der Waals surface area contributed by atoms with Crippen LogP contribution in [0.4, 0.5) is 0 Å². The second-order valence-electron chi connectivity index (χ2n) is 5.64. The van der Waals surface area contributed by atoms with E-state index in [0.717, 1.165) is 43.0 Å². The quantitative estimate of drug-likeness (QED) is 0.921. The molecule has 0 saturated carbocycles. The van der Waals surface area contributed by atoms with E-state index in [-0.39, 0.29) is 6.10 Å². The first kappa shape index (κ1) is 15.4. The molecule has 0 unspecified atom stereocenters. The lowest BCUT2D eigenvalue weighted by Gasteiger charge is -2.24. The van der Waals surface area contributed by atoms with Gasteiger partial charge in [0.25, 0.3) is 0 Å². The Morgan fingerprint density at radius 1 is 1.04 bits per heavy atom. The van der Waals surface area contributed by atoms with Crippen molar-refractivity contribution >= 4 is 0 Å². The van der Waals surface area contributed by atoms with E-state index in [2.05, 4.69) is 11.4 Å². The summed E-state index contributed by atoms with van der Waals surface area (Å²) < 4.78 is 11.8. The fraction of sp³-hybridized carbons (Fsp3) is 0.316. The standard InChI is InChI=1S/C19H20N2O2/c20-13-15-3-1-4-16(11-15)14-22-18-5-2-6-19(12-18)23-17-7-9-21-10-8-17/h1-6,11-12,17,21H,7-10,14H2. The van der Waals surface area contributed by atoms with Crippen LogP contribution >= 0.6 is 0 Å². The molecule has 1 fully saturated rings. The lowest BCUT2D eigenvalue weighted by atomic mass is 10.1. The predicted octanol–water partition coefficient (Wildman–Crippen LogP) is 3.27. The molecule has 0 amide bonds. The molecule has 3 rings (SSSR count). The van der Waals surface area contributed by atoms with E-state index >= 15 is 0 Å². The smallest absolute Gasteiger partial charge is 0.123 e. The molecule has 1 N–H and O–H groups in total. The van der Waals surface area contributed by atoms with Crippen LogP contribution in [-0.4, -0.2) is 19.2 Å². The Morgan fingerprint density at radius 2 is 1.83 bits per heavy atom. The summed E-state index contributed by atoms with van der Waals surface area (Å²) in [7, 11) is 0. The molecule has 0 bridgehead atoms. The molecule has 2 aromatic rings. The third kappa shape index (κ3) is 4.48. The fourth-order valence-electron chi connectivity index (χ4n) is 2.64. The number of ether oxygens (including phenoxy) is 2. The number of nitrogens with zero attached hydrogens (tertiary/aromatic N) is 1. The molecule has 0 spiro atoms. The zero-order valence-electron chi connectivity index (χ0n) is 13.0. The molecular formula is C19H20N2O2. The van der Waals surface area contributed by atoms with E-state index in [1.165, 1.54) is 0 Å². The summed E-state index contributed by atoms with van der Waals surface area (Å²) >= 11 is 0. The van der Waals surface area contributed by atoms with E-state index in [9.17, 15) is 0 Å². The van der Waals surface area contributed by atoms with Crippen LogP contribution in [0.3, 0.4) is 0 Å². The minimum atomic E-state index is 0.277. The van der Waals surface area contributed by atoms with Crippen molar-refractivity contribution in [1.82, 2.24) is 5.32 Å². The Kier molecular flexibility index (Phi) is 5.13. The fourth-order valence-corrected chi connectivity index (χ4v) is 2.64. The average molecular weight is 308 g/mol. The minimum absolute atomic E-state index is 0.277. The van der Waals surface area contributed by atoms with Gasteiger partial charge in [-0.1, -0.05) is 18.2 Å². The van der Waals surface area contributed by atoms with Gasteiger partial charge in [-0.25, -0.2) is 0 Å². The van der Waals surface area contributed by atoms with Gasteiger partial charge in [0.2, 0.25) is 0 Å². The Balaban J connectivity index is 1.59. The van der Waals surface area contributed by atoms with Gasteiger partial charge in [0.15, 0.2) is 0 Å². The lowest BCUT2D eigenvalue weighted by Crippen LogP contribution is -2.34. The van der Waals surface area contributed by atoms with Gasteiger partial charge in [0, 0.05) is 6.07 Å². The molecule has 0 aliphatic carbocycles.